The summed E-state index contributed by atoms with van der Waals surface area (Å²) in [6, 6.07) is 4.83. The zero-order valence-corrected chi connectivity index (χ0v) is 14.6. The lowest BCUT2D eigenvalue weighted by Gasteiger charge is -2.23. The van der Waals surface area contributed by atoms with Crippen LogP contribution in [0.3, 0.4) is 0 Å². The molecule has 0 unspecified atom stereocenters. The molecular weight excluding hydrogens is 365 g/mol. The average Bonchev–Trinajstić information content (AvgIpc) is 3.01. The highest BCUT2D eigenvalue weighted by Gasteiger charge is 2.35. The van der Waals surface area contributed by atoms with Gasteiger partial charge in [-0.3, -0.25) is 9.59 Å². The minimum atomic E-state index is -4.44. The Labute approximate surface area is 154 Å². The van der Waals surface area contributed by atoms with E-state index < -0.39 is 29.9 Å². The highest BCUT2D eigenvalue weighted by molar-refractivity contribution is 5.88. The van der Waals surface area contributed by atoms with Crippen LogP contribution in [-0.2, 0) is 31.9 Å². The molecule has 2 aliphatic rings. The third-order valence-corrected chi connectivity index (χ3v) is 4.64. The van der Waals surface area contributed by atoms with E-state index in [2.05, 4.69) is 5.48 Å². The first-order valence-corrected chi connectivity index (χ1v) is 8.84. The maximum Gasteiger partial charge on any atom is 0.416 e. The van der Waals surface area contributed by atoms with Gasteiger partial charge in [0.05, 0.1) is 11.5 Å². The maximum atomic E-state index is 12.8. The number of benzene rings is 1. The minimum Gasteiger partial charge on any atom is -0.350 e. The van der Waals surface area contributed by atoms with Gasteiger partial charge in [0, 0.05) is 32.5 Å². The number of amides is 2. The molecular formula is C18H21F3N2O4. The van der Waals surface area contributed by atoms with Crippen molar-refractivity contribution in [3.05, 3.63) is 35.4 Å². The number of rotatable bonds is 5. The first-order valence-electron chi connectivity index (χ1n) is 8.84. The monoisotopic (exact) mass is 386 g/mol. The highest BCUT2D eigenvalue weighted by atomic mass is 19.4. The number of likely N-dealkylation sites (tertiary alicyclic amines) is 1. The van der Waals surface area contributed by atoms with E-state index >= 15 is 0 Å². The van der Waals surface area contributed by atoms with Gasteiger partial charge in [-0.1, -0.05) is 12.1 Å². The maximum absolute atomic E-state index is 12.8. The van der Waals surface area contributed by atoms with Crippen LogP contribution in [0.1, 0.15) is 36.8 Å². The van der Waals surface area contributed by atoms with Gasteiger partial charge in [0.25, 0.3) is 0 Å². The summed E-state index contributed by atoms with van der Waals surface area (Å²) < 4.78 is 43.8. The van der Waals surface area contributed by atoms with Crippen molar-refractivity contribution >= 4 is 11.8 Å². The van der Waals surface area contributed by atoms with Gasteiger partial charge in [0.2, 0.25) is 11.8 Å². The SMILES string of the molecule is O=C(NO[C@@H]1CCCCO1)[C@@H]1CC(=O)N(Cc2cccc(C(F)(F)F)c2)C1. The number of carbonyl (C=O) groups excluding carboxylic acids is 2. The molecule has 0 radical (unpaired) electrons. The summed E-state index contributed by atoms with van der Waals surface area (Å²) in [6.07, 6.45) is -2.33. The molecule has 2 atom stereocenters. The summed E-state index contributed by atoms with van der Waals surface area (Å²) in [5.74, 6) is -1.31. The summed E-state index contributed by atoms with van der Waals surface area (Å²) in [5.41, 5.74) is 1.94. The summed E-state index contributed by atoms with van der Waals surface area (Å²) in [7, 11) is 0. The number of carbonyl (C=O) groups is 2. The molecule has 0 aromatic heterocycles. The van der Waals surface area contributed by atoms with Gasteiger partial charge in [-0.2, -0.15) is 13.2 Å². The van der Waals surface area contributed by atoms with E-state index in [1.165, 1.54) is 17.0 Å². The number of halogens is 3. The number of ether oxygens (including phenoxy) is 1. The molecule has 6 nitrogen and oxygen atoms in total. The Bertz CT molecular complexity index is 689. The average molecular weight is 386 g/mol. The molecule has 148 valence electrons. The standard InChI is InChI=1S/C18H21F3N2O4/c19-18(20,21)14-5-3-4-12(8-14)10-23-11-13(9-15(23)24)17(25)22-27-16-6-1-2-7-26-16/h3-5,8,13,16H,1-2,6-7,9-11H2,(H,22,25)/t13-,16-/m1/s1. The zero-order chi connectivity index (χ0) is 19.4. The quantitative estimate of drug-likeness (QED) is 0.790. The first kappa shape index (κ1) is 19.6. The van der Waals surface area contributed by atoms with E-state index in [1.54, 1.807) is 0 Å². The molecule has 27 heavy (non-hydrogen) atoms. The molecule has 2 saturated heterocycles. The van der Waals surface area contributed by atoms with Gasteiger partial charge in [-0.15, -0.1) is 0 Å². The second-order valence-electron chi connectivity index (χ2n) is 6.75. The van der Waals surface area contributed by atoms with Gasteiger partial charge in [-0.05, 0) is 30.5 Å². The summed E-state index contributed by atoms with van der Waals surface area (Å²) >= 11 is 0. The third-order valence-electron chi connectivity index (χ3n) is 4.64. The lowest BCUT2D eigenvalue weighted by atomic mass is 10.1. The molecule has 2 aliphatic heterocycles. The normalized spacial score (nSPS) is 23.5. The number of nitrogens with zero attached hydrogens (tertiary/aromatic N) is 1. The van der Waals surface area contributed by atoms with E-state index in [1.807, 2.05) is 0 Å². The molecule has 1 N–H and O–H groups in total. The Morgan fingerprint density at radius 1 is 1.33 bits per heavy atom. The molecule has 1 aromatic rings. The van der Waals surface area contributed by atoms with E-state index in [0.717, 1.165) is 25.0 Å². The molecule has 9 heteroatoms. The number of hydrogen-bond donors (Lipinski definition) is 1. The van der Waals surface area contributed by atoms with Crippen LogP contribution < -0.4 is 5.48 Å². The van der Waals surface area contributed by atoms with E-state index in [4.69, 9.17) is 9.57 Å². The zero-order valence-electron chi connectivity index (χ0n) is 14.6. The molecule has 2 heterocycles. The van der Waals surface area contributed by atoms with E-state index in [-0.39, 0.29) is 25.4 Å². The topological polar surface area (TPSA) is 67.9 Å². The van der Waals surface area contributed by atoms with E-state index in [0.29, 0.717) is 18.6 Å². The Kier molecular flexibility index (Phi) is 6.01. The van der Waals surface area contributed by atoms with Gasteiger partial charge >= 0.3 is 6.18 Å². The van der Waals surface area contributed by atoms with Crippen molar-refractivity contribution in [2.75, 3.05) is 13.2 Å². The van der Waals surface area contributed by atoms with Crippen LogP contribution in [0.25, 0.3) is 0 Å². The van der Waals surface area contributed by atoms with Crippen molar-refractivity contribution in [3.63, 3.8) is 0 Å². The van der Waals surface area contributed by atoms with Crippen molar-refractivity contribution in [3.8, 4) is 0 Å². The van der Waals surface area contributed by atoms with Crippen LogP contribution >= 0.6 is 0 Å². The van der Waals surface area contributed by atoms with Crippen LogP contribution in [0.2, 0.25) is 0 Å². The second-order valence-corrected chi connectivity index (χ2v) is 6.75. The lowest BCUT2D eigenvalue weighted by Crippen LogP contribution is -2.37. The predicted molar refractivity (Wildman–Crippen MR) is 87.8 cm³/mol. The Morgan fingerprint density at radius 3 is 2.85 bits per heavy atom. The highest BCUT2D eigenvalue weighted by Crippen LogP contribution is 2.30. The fraction of sp³-hybridized carbons (Fsp3) is 0.556. The largest absolute Gasteiger partial charge is 0.416 e. The van der Waals surface area contributed by atoms with Gasteiger partial charge < -0.3 is 9.64 Å². The summed E-state index contributed by atoms with van der Waals surface area (Å²) in [5, 5.41) is 0. The molecule has 3 rings (SSSR count). The van der Waals surface area contributed by atoms with Crippen molar-refractivity contribution in [2.24, 2.45) is 5.92 Å². The summed E-state index contributed by atoms with van der Waals surface area (Å²) in [4.78, 5) is 30.9. The van der Waals surface area contributed by atoms with Crippen molar-refractivity contribution in [2.45, 2.75) is 44.7 Å². The third kappa shape index (κ3) is 5.20. The predicted octanol–water partition coefficient (Wildman–Crippen LogP) is 2.63. The molecule has 2 fully saturated rings. The van der Waals surface area contributed by atoms with Gasteiger partial charge in [-0.25, -0.2) is 10.3 Å². The smallest absolute Gasteiger partial charge is 0.350 e. The molecule has 0 saturated carbocycles. The van der Waals surface area contributed by atoms with Crippen molar-refractivity contribution < 1.29 is 32.3 Å². The van der Waals surface area contributed by atoms with Crippen molar-refractivity contribution in [1.29, 1.82) is 0 Å². The molecule has 0 spiro atoms. The Morgan fingerprint density at radius 2 is 2.15 bits per heavy atom. The van der Waals surface area contributed by atoms with Crippen LogP contribution in [0, 0.1) is 5.92 Å². The summed E-state index contributed by atoms with van der Waals surface area (Å²) in [6.45, 7) is 0.738. The van der Waals surface area contributed by atoms with Gasteiger partial charge in [0.15, 0.2) is 6.29 Å². The Balaban J connectivity index is 1.53. The van der Waals surface area contributed by atoms with Crippen LogP contribution in [-0.4, -0.2) is 36.2 Å². The molecule has 0 bridgehead atoms. The van der Waals surface area contributed by atoms with E-state index in [9.17, 15) is 22.8 Å². The van der Waals surface area contributed by atoms with Crippen LogP contribution in [0.15, 0.2) is 24.3 Å². The van der Waals surface area contributed by atoms with Crippen molar-refractivity contribution in [1.82, 2.24) is 10.4 Å². The Hall–Kier alpha value is -2.13. The van der Waals surface area contributed by atoms with Crippen LogP contribution in [0.4, 0.5) is 13.2 Å². The molecule has 1 aromatic carbocycles. The first-order chi connectivity index (χ1) is 12.8. The fourth-order valence-corrected chi connectivity index (χ4v) is 3.18. The minimum absolute atomic E-state index is 0.000319. The fourth-order valence-electron chi connectivity index (χ4n) is 3.18. The van der Waals surface area contributed by atoms with Crippen LogP contribution in [0.5, 0.6) is 0 Å². The number of hydrogen-bond acceptors (Lipinski definition) is 4. The lowest BCUT2D eigenvalue weighted by molar-refractivity contribution is -0.202. The number of alkyl halides is 3. The number of nitrogens with one attached hydrogen (secondary N) is 1. The molecule has 2 amide bonds. The van der Waals surface area contributed by atoms with Gasteiger partial charge in [0.1, 0.15) is 0 Å². The second kappa shape index (κ2) is 8.26. The number of hydroxylamine groups is 1. The molecule has 0 aliphatic carbocycles.